The molecule has 1 aromatic carbocycles. The molecule has 0 amide bonds. The fourth-order valence-corrected chi connectivity index (χ4v) is 2.00. The van der Waals surface area contributed by atoms with Crippen LogP contribution in [0.25, 0.3) is 10.9 Å². The Morgan fingerprint density at radius 1 is 1.27 bits per heavy atom. The lowest BCUT2D eigenvalue weighted by Crippen LogP contribution is -2.00. The van der Waals surface area contributed by atoms with Gasteiger partial charge in [0.1, 0.15) is 0 Å². The van der Waals surface area contributed by atoms with Crippen molar-refractivity contribution < 1.29 is 0 Å². The molecule has 4 heteroatoms. The molecule has 80 valence electrons. The quantitative estimate of drug-likeness (QED) is 0.852. The van der Waals surface area contributed by atoms with Crippen LogP contribution < -0.4 is 5.73 Å². The van der Waals surface area contributed by atoms with Gasteiger partial charge in [-0.1, -0.05) is 29.3 Å². The summed E-state index contributed by atoms with van der Waals surface area (Å²) in [6.07, 6.45) is 1.91. The van der Waals surface area contributed by atoms with E-state index in [0.29, 0.717) is 16.6 Å². The third kappa shape index (κ3) is 2.12. The highest BCUT2D eigenvalue weighted by Gasteiger charge is 2.06. The molecule has 2 rings (SSSR count). The van der Waals surface area contributed by atoms with Crippen LogP contribution in [0.4, 0.5) is 0 Å². The van der Waals surface area contributed by atoms with Crippen molar-refractivity contribution in [3.8, 4) is 0 Å². The van der Waals surface area contributed by atoms with Crippen LogP contribution in [0, 0.1) is 0 Å². The molecule has 2 nitrogen and oxygen atoms in total. The van der Waals surface area contributed by atoms with Crippen LogP contribution in [0.2, 0.25) is 10.0 Å². The second kappa shape index (κ2) is 4.44. The molecule has 3 N–H and O–H groups in total. The predicted octanol–water partition coefficient (Wildman–Crippen LogP) is 3.37. The Kier molecular flexibility index (Phi) is 3.19. The molecule has 0 saturated carbocycles. The molecule has 0 spiro atoms. The van der Waals surface area contributed by atoms with Crippen LogP contribution in [0.15, 0.2) is 18.2 Å². The number of aromatic nitrogens is 1. The second-order valence-corrected chi connectivity index (χ2v) is 4.30. The lowest BCUT2D eigenvalue weighted by molar-refractivity contribution is 0.818. The van der Waals surface area contributed by atoms with Gasteiger partial charge in [-0.25, -0.2) is 0 Å². The summed E-state index contributed by atoms with van der Waals surface area (Å²) >= 11 is 12.0. The molecule has 0 aliphatic carbocycles. The van der Waals surface area contributed by atoms with Crippen LogP contribution in [0.1, 0.15) is 12.1 Å². The van der Waals surface area contributed by atoms with E-state index in [0.717, 1.165) is 29.4 Å². The summed E-state index contributed by atoms with van der Waals surface area (Å²) < 4.78 is 0. The molecule has 0 atom stereocenters. The van der Waals surface area contributed by atoms with Crippen molar-refractivity contribution in [2.45, 2.75) is 12.8 Å². The van der Waals surface area contributed by atoms with Gasteiger partial charge in [-0.05, 0) is 31.5 Å². The molecular weight excluding hydrogens is 231 g/mol. The Balaban J connectivity index is 2.42. The van der Waals surface area contributed by atoms with Gasteiger partial charge >= 0.3 is 0 Å². The molecule has 0 saturated heterocycles. The summed E-state index contributed by atoms with van der Waals surface area (Å²) in [4.78, 5) is 3.27. The number of fused-ring (bicyclic) bond motifs is 1. The average Bonchev–Trinajstić information content (AvgIpc) is 2.64. The Hall–Kier alpha value is -0.700. The van der Waals surface area contributed by atoms with E-state index in [1.54, 1.807) is 0 Å². The highest BCUT2D eigenvalue weighted by atomic mass is 35.5. The zero-order valence-electron chi connectivity index (χ0n) is 8.19. The van der Waals surface area contributed by atoms with Gasteiger partial charge in [0, 0.05) is 11.1 Å². The van der Waals surface area contributed by atoms with Gasteiger partial charge in [0.2, 0.25) is 0 Å². The number of nitrogens with one attached hydrogen (secondary N) is 1. The van der Waals surface area contributed by atoms with Gasteiger partial charge in [-0.2, -0.15) is 0 Å². The molecular formula is C11H12Cl2N2. The lowest BCUT2D eigenvalue weighted by atomic mass is 10.2. The van der Waals surface area contributed by atoms with Crippen LogP contribution in [0.5, 0.6) is 0 Å². The van der Waals surface area contributed by atoms with E-state index in [1.165, 1.54) is 0 Å². The third-order valence-electron chi connectivity index (χ3n) is 2.39. The van der Waals surface area contributed by atoms with Gasteiger partial charge in [0.05, 0.1) is 15.6 Å². The molecule has 0 aliphatic heterocycles. The van der Waals surface area contributed by atoms with E-state index in [1.807, 2.05) is 12.1 Å². The molecule has 0 aliphatic rings. The first kappa shape index (κ1) is 10.8. The standard InChI is InChI=1S/C11H12Cl2N2/c12-9-4-3-7-6-8(2-1-5-14)15-11(7)10(9)13/h3-4,6,15H,1-2,5,14H2. The van der Waals surface area contributed by atoms with E-state index in [2.05, 4.69) is 11.1 Å². The van der Waals surface area contributed by atoms with E-state index >= 15 is 0 Å². The maximum Gasteiger partial charge on any atom is 0.0833 e. The van der Waals surface area contributed by atoms with Gasteiger partial charge in [0.15, 0.2) is 0 Å². The van der Waals surface area contributed by atoms with Crippen LogP contribution in [0.3, 0.4) is 0 Å². The Morgan fingerprint density at radius 2 is 2.07 bits per heavy atom. The summed E-state index contributed by atoms with van der Waals surface area (Å²) in [7, 11) is 0. The second-order valence-electron chi connectivity index (χ2n) is 3.51. The molecule has 0 unspecified atom stereocenters. The van der Waals surface area contributed by atoms with E-state index in [9.17, 15) is 0 Å². The third-order valence-corrected chi connectivity index (χ3v) is 3.20. The zero-order chi connectivity index (χ0) is 10.8. The van der Waals surface area contributed by atoms with Gasteiger partial charge in [-0.3, -0.25) is 0 Å². The minimum Gasteiger partial charge on any atom is -0.357 e. The van der Waals surface area contributed by atoms with Crippen molar-refractivity contribution in [1.82, 2.24) is 4.98 Å². The number of H-pyrrole nitrogens is 1. The summed E-state index contributed by atoms with van der Waals surface area (Å²) in [5.74, 6) is 0. The number of benzene rings is 1. The number of hydrogen-bond donors (Lipinski definition) is 2. The summed E-state index contributed by atoms with van der Waals surface area (Å²) in [6.45, 7) is 0.698. The first-order valence-electron chi connectivity index (χ1n) is 4.88. The smallest absolute Gasteiger partial charge is 0.0833 e. The fourth-order valence-electron chi connectivity index (χ4n) is 1.62. The highest BCUT2D eigenvalue weighted by molar-refractivity contribution is 6.45. The van der Waals surface area contributed by atoms with Crippen LogP contribution >= 0.6 is 23.2 Å². The zero-order valence-corrected chi connectivity index (χ0v) is 9.70. The van der Waals surface area contributed by atoms with E-state index < -0.39 is 0 Å². The summed E-state index contributed by atoms with van der Waals surface area (Å²) in [6, 6.07) is 5.87. The number of aromatic amines is 1. The largest absolute Gasteiger partial charge is 0.357 e. The fraction of sp³-hybridized carbons (Fsp3) is 0.273. The van der Waals surface area contributed by atoms with Crippen molar-refractivity contribution in [3.05, 3.63) is 33.9 Å². The molecule has 2 aromatic rings. The van der Waals surface area contributed by atoms with Crippen molar-refractivity contribution in [2.75, 3.05) is 6.54 Å². The van der Waals surface area contributed by atoms with E-state index in [4.69, 9.17) is 28.9 Å². The van der Waals surface area contributed by atoms with Crippen molar-refractivity contribution >= 4 is 34.1 Å². The monoisotopic (exact) mass is 242 g/mol. The van der Waals surface area contributed by atoms with Gasteiger partial charge < -0.3 is 10.7 Å². The Labute approximate surface area is 98.4 Å². The number of nitrogens with two attached hydrogens (primary N) is 1. The number of halogens is 2. The summed E-state index contributed by atoms with van der Waals surface area (Å²) in [5, 5.41) is 2.26. The molecule has 1 heterocycles. The number of rotatable bonds is 3. The highest BCUT2D eigenvalue weighted by Crippen LogP contribution is 2.30. The maximum absolute atomic E-state index is 6.09. The SMILES string of the molecule is NCCCc1cc2ccc(Cl)c(Cl)c2[nH]1. The first-order chi connectivity index (χ1) is 7.22. The van der Waals surface area contributed by atoms with E-state index in [-0.39, 0.29) is 0 Å². The topological polar surface area (TPSA) is 41.8 Å². The van der Waals surface area contributed by atoms with Gasteiger partial charge in [-0.15, -0.1) is 0 Å². The van der Waals surface area contributed by atoms with Crippen molar-refractivity contribution in [1.29, 1.82) is 0 Å². The Morgan fingerprint density at radius 3 is 2.80 bits per heavy atom. The van der Waals surface area contributed by atoms with Gasteiger partial charge in [0.25, 0.3) is 0 Å². The Bertz CT molecular complexity index is 477. The first-order valence-corrected chi connectivity index (χ1v) is 5.63. The molecule has 0 fully saturated rings. The average molecular weight is 243 g/mol. The maximum atomic E-state index is 6.09. The minimum absolute atomic E-state index is 0.580. The van der Waals surface area contributed by atoms with Crippen LogP contribution in [-0.2, 0) is 6.42 Å². The summed E-state index contributed by atoms with van der Waals surface area (Å²) in [5.41, 5.74) is 7.53. The normalized spacial score (nSPS) is 11.1. The molecule has 0 radical (unpaired) electrons. The number of hydrogen-bond acceptors (Lipinski definition) is 1. The van der Waals surface area contributed by atoms with Crippen LogP contribution in [-0.4, -0.2) is 11.5 Å². The van der Waals surface area contributed by atoms with Crippen molar-refractivity contribution in [2.24, 2.45) is 5.73 Å². The minimum atomic E-state index is 0.580. The number of aryl methyl sites for hydroxylation is 1. The lowest BCUT2D eigenvalue weighted by Gasteiger charge is -1.96. The van der Waals surface area contributed by atoms with Crippen molar-refractivity contribution in [3.63, 3.8) is 0 Å². The molecule has 15 heavy (non-hydrogen) atoms. The molecule has 1 aromatic heterocycles. The predicted molar refractivity (Wildman–Crippen MR) is 65.7 cm³/mol. The molecule has 0 bridgehead atoms.